The summed E-state index contributed by atoms with van der Waals surface area (Å²) in [4.78, 5) is 22.8. The summed E-state index contributed by atoms with van der Waals surface area (Å²) < 4.78 is 0. The lowest BCUT2D eigenvalue weighted by molar-refractivity contribution is -0.133. The normalized spacial score (nSPS) is 12.1. The van der Waals surface area contributed by atoms with E-state index in [4.69, 9.17) is 5.11 Å². The molecule has 0 aromatic heterocycles. The van der Waals surface area contributed by atoms with Crippen molar-refractivity contribution in [2.24, 2.45) is 0 Å². The number of para-hydroxylation sites is 1. The molecule has 0 spiro atoms. The molecular weight excluding hydrogens is 242 g/mol. The molecule has 102 valence electrons. The maximum absolute atomic E-state index is 12.0. The second-order valence-corrected chi connectivity index (χ2v) is 4.75. The number of rotatable bonds is 4. The van der Waals surface area contributed by atoms with Crippen LogP contribution < -0.4 is 5.32 Å². The van der Waals surface area contributed by atoms with Gasteiger partial charge in [-0.2, -0.15) is 0 Å². The van der Waals surface area contributed by atoms with E-state index in [1.165, 1.54) is 13.8 Å². The van der Waals surface area contributed by atoms with Crippen LogP contribution in [-0.2, 0) is 9.59 Å². The SMILES string of the molecule is CC(C(=O)O)=C(C)C(=O)Nc1ccccc1C(C)C. The number of aliphatic carboxylic acids is 1. The molecule has 1 amide bonds. The first-order valence-electron chi connectivity index (χ1n) is 6.15. The largest absolute Gasteiger partial charge is 0.478 e. The minimum atomic E-state index is -1.08. The monoisotopic (exact) mass is 261 g/mol. The third-order valence-corrected chi connectivity index (χ3v) is 3.05. The molecule has 0 atom stereocenters. The Kier molecular flexibility index (Phi) is 4.87. The average molecular weight is 261 g/mol. The van der Waals surface area contributed by atoms with Gasteiger partial charge in [0.25, 0.3) is 5.91 Å². The Morgan fingerprint density at radius 1 is 1.11 bits per heavy atom. The number of benzene rings is 1. The Bertz CT molecular complexity index is 530. The molecule has 0 saturated carbocycles. The molecule has 1 rings (SSSR count). The van der Waals surface area contributed by atoms with Crippen molar-refractivity contribution in [1.29, 1.82) is 0 Å². The van der Waals surface area contributed by atoms with E-state index in [2.05, 4.69) is 5.32 Å². The highest BCUT2D eigenvalue weighted by atomic mass is 16.4. The van der Waals surface area contributed by atoms with Gasteiger partial charge in [0, 0.05) is 16.8 Å². The number of carbonyl (C=O) groups excluding carboxylic acids is 1. The molecular formula is C15H19NO3. The number of carboxylic acid groups (broad SMARTS) is 1. The number of hydrogen-bond acceptors (Lipinski definition) is 2. The molecule has 0 saturated heterocycles. The molecule has 0 unspecified atom stereocenters. The lowest BCUT2D eigenvalue weighted by Gasteiger charge is -2.14. The van der Waals surface area contributed by atoms with E-state index < -0.39 is 5.97 Å². The number of amides is 1. The topological polar surface area (TPSA) is 66.4 Å². The number of nitrogens with one attached hydrogen (secondary N) is 1. The first-order valence-corrected chi connectivity index (χ1v) is 6.15. The maximum atomic E-state index is 12.0. The molecule has 0 aliphatic rings. The number of carboxylic acids is 1. The number of carbonyl (C=O) groups is 2. The highest BCUT2D eigenvalue weighted by Gasteiger charge is 2.14. The van der Waals surface area contributed by atoms with Crippen LogP contribution in [0.2, 0.25) is 0 Å². The van der Waals surface area contributed by atoms with Gasteiger partial charge in [0.1, 0.15) is 0 Å². The van der Waals surface area contributed by atoms with Gasteiger partial charge in [-0.25, -0.2) is 4.79 Å². The van der Waals surface area contributed by atoms with E-state index in [1.54, 1.807) is 0 Å². The predicted molar refractivity (Wildman–Crippen MR) is 75.2 cm³/mol. The fourth-order valence-corrected chi connectivity index (χ4v) is 1.66. The molecule has 1 aromatic carbocycles. The quantitative estimate of drug-likeness (QED) is 0.818. The molecule has 0 radical (unpaired) electrons. The predicted octanol–water partition coefficient (Wildman–Crippen LogP) is 3.17. The van der Waals surface area contributed by atoms with Crippen LogP contribution in [0.15, 0.2) is 35.4 Å². The lowest BCUT2D eigenvalue weighted by Crippen LogP contribution is -2.17. The first-order chi connectivity index (χ1) is 8.84. The Balaban J connectivity index is 3.01. The molecule has 0 heterocycles. The molecule has 2 N–H and O–H groups in total. The third-order valence-electron chi connectivity index (χ3n) is 3.05. The van der Waals surface area contributed by atoms with Crippen molar-refractivity contribution >= 4 is 17.6 Å². The second kappa shape index (κ2) is 6.18. The van der Waals surface area contributed by atoms with Crippen molar-refractivity contribution in [3.63, 3.8) is 0 Å². The molecule has 19 heavy (non-hydrogen) atoms. The molecule has 0 aliphatic carbocycles. The standard InChI is InChI=1S/C15H19NO3/c1-9(2)12-7-5-6-8-13(12)16-14(17)10(3)11(4)15(18)19/h5-9H,1-4H3,(H,16,17)(H,18,19). The van der Waals surface area contributed by atoms with Gasteiger partial charge < -0.3 is 10.4 Å². The van der Waals surface area contributed by atoms with Gasteiger partial charge in [0.15, 0.2) is 0 Å². The van der Waals surface area contributed by atoms with Crippen molar-refractivity contribution in [2.75, 3.05) is 5.32 Å². The fourth-order valence-electron chi connectivity index (χ4n) is 1.66. The minimum absolute atomic E-state index is 0.0551. The maximum Gasteiger partial charge on any atom is 0.331 e. The Morgan fingerprint density at radius 2 is 1.68 bits per heavy atom. The van der Waals surface area contributed by atoms with E-state index in [9.17, 15) is 9.59 Å². The summed E-state index contributed by atoms with van der Waals surface area (Å²) >= 11 is 0. The van der Waals surface area contributed by atoms with Crippen LogP contribution in [0.3, 0.4) is 0 Å². The zero-order valence-electron chi connectivity index (χ0n) is 11.7. The summed E-state index contributed by atoms with van der Waals surface area (Å²) in [6.45, 7) is 7.01. The second-order valence-electron chi connectivity index (χ2n) is 4.75. The van der Waals surface area contributed by atoms with Gasteiger partial charge in [0.05, 0.1) is 0 Å². The first kappa shape index (κ1) is 15.0. The number of anilines is 1. The van der Waals surface area contributed by atoms with E-state index in [0.717, 1.165) is 11.3 Å². The third kappa shape index (κ3) is 3.68. The minimum Gasteiger partial charge on any atom is -0.478 e. The Morgan fingerprint density at radius 3 is 2.21 bits per heavy atom. The number of hydrogen-bond donors (Lipinski definition) is 2. The van der Waals surface area contributed by atoms with Crippen LogP contribution in [0.25, 0.3) is 0 Å². The summed E-state index contributed by atoms with van der Waals surface area (Å²) in [5, 5.41) is 11.6. The zero-order valence-corrected chi connectivity index (χ0v) is 11.7. The van der Waals surface area contributed by atoms with Crippen LogP contribution in [0, 0.1) is 0 Å². The van der Waals surface area contributed by atoms with Crippen molar-refractivity contribution in [3.8, 4) is 0 Å². The van der Waals surface area contributed by atoms with Crippen molar-refractivity contribution in [3.05, 3.63) is 41.0 Å². The van der Waals surface area contributed by atoms with Gasteiger partial charge in [-0.05, 0) is 31.4 Å². The summed E-state index contributed by atoms with van der Waals surface area (Å²) in [5.41, 5.74) is 2.02. The van der Waals surface area contributed by atoms with Crippen molar-refractivity contribution in [2.45, 2.75) is 33.6 Å². The van der Waals surface area contributed by atoms with Crippen LogP contribution in [-0.4, -0.2) is 17.0 Å². The van der Waals surface area contributed by atoms with Gasteiger partial charge in [-0.3, -0.25) is 4.79 Å². The van der Waals surface area contributed by atoms with Crippen LogP contribution in [0.4, 0.5) is 5.69 Å². The van der Waals surface area contributed by atoms with E-state index >= 15 is 0 Å². The molecule has 0 fully saturated rings. The summed E-state index contributed by atoms with van der Waals surface area (Å²) in [5.74, 6) is -1.18. The Hall–Kier alpha value is -2.10. The lowest BCUT2D eigenvalue weighted by atomic mass is 10.0. The van der Waals surface area contributed by atoms with Gasteiger partial charge >= 0.3 is 5.97 Å². The average Bonchev–Trinajstić information content (AvgIpc) is 2.37. The molecule has 1 aromatic rings. The Labute approximate surface area is 113 Å². The van der Waals surface area contributed by atoms with E-state index in [-0.39, 0.29) is 23.0 Å². The van der Waals surface area contributed by atoms with Gasteiger partial charge in [0.2, 0.25) is 0 Å². The molecule has 0 aliphatic heterocycles. The van der Waals surface area contributed by atoms with Gasteiger partial charge in [-0.15, -0.1) is 0 Å². The van der Waals surface area contributed by atoms with E-state index in [1.807, 2.05) is 38.1 Å². The fraction of sp³-hybridized carbons (Fsp3) is 0.333. The van der Waals surface area contributed by atoms with E-state index in [0.29, 0.717) is 0 Å². The smallest absolute Gasteiger partial charge is 0.331 e. The molecule has 4 nitrogen and oxygen atoms in total. The van der Waals surface area contributed by atoms with Crippen LogP contribution in [0.1, 0.15) is 39.2 Å². The van der Waals surface area contributed by atoms with Crippen LogP contribution >= 0.6 is 0 Å². The van der Waals surface area contributed by atoms with Gasteiger partial charge in [-0.1, -0.05) is 32.0 Å². The zero-order chi connectivity index (χ0) is 14.6. The molecule has 4 heteroatoms. The van der Waals surface area contributed by atoms with Crippen molar-refractivity contribution < 1.29 is 14.7 Å². The highest BCUT2D eigenvalue weighted by Crippen LogP contribution is 2.24. The van der Waals surface area contributed by atoms with Crippen LogP contribution in [0.5, 0.6) is 0 Å². The summed E-state index contributed by atoms with van der Waals surface area (Å²) in [6, 6.07) is 7.51. The van der Waals surface area contributed by atoms with Crippen molar-refractivity contribution in [1.82, 2.24) is 0 Å². The summed E-state index contributed by atoms with van der Waals surface area (Å²) in [7, 11) is 0. The highest BCUT2D eigenvalue weighted by molar-refractivity contribution is 6.08. The molecule has 0 bridgehead atoms. The summed E-state index contributed by atoms with van der Waals surface area (Å²) in [6.07, 6.45) is 0.